The largest absolute Gasteiger partial charge is 0.323 e. The van der Waals surface area contributed by atoms with Gasteiger partial charge in [-0.25, -0.2) is 4.98 Å². The lowest BCUT2D eigenvalue weighted by atomic mass is 10.0. The van der Waals surface area contributed by atoms with Gasteiger partial charge < -0.3 is 5.43 Å². The molecule has 0 unspecified atom stereocenters. The number of anilines is 1. The quantitative estimate of drug-likeness (QED) is 0.542. The maximum Gasteiger partial charge on any atom is 0.0917 e. The van der Waals surface area contributed by atoms with E-state index >= 15 is 0 Å². The molecule has 0 fully saturated rings. The molecule has 21 heavy (non-hydrogen) atoms. The van der Waals surface area contributed by atoms with Crippen molar-refractivity contribution in [1.82, 2.24) is 4.98 Å². The zero-order chi connectivity index (χ0) is 15.0. The summed E-state index contributed by atoms with van der Waals surface area (Å²) in [4.78, 5) is 4.77. The molecule has 106 valence electrons. The van der Waals surface area contributed by atoms with Gasteiger partial charge in [0.25, 0.3) is 0 Å². The average Bonchev–Trinajstić information content (AvgIpc) is 2.47. The fourth-order valence-electron chi connectivity index (χ4n) is 2.62. The number of benzene rings is 2. The van der Waals surface area contributed by atoms with Gasteiger partial charge in [-0.1, -0.05) is 41.9 Å². The van der Waals surface area contributed by atoms with Crippen molar-refractivity contribution in [3.05, 3.63) is 58.6 Å². The Labute approximate surface area is 128 Å². The molecule has 0 amide bonds. The minimum atomic E-state index is 0.638. The number of hydrogen-bond acceptors (Lipinski definition) is 3. The summed E-state index contributed by atoms with van der Waals surface area (Å²) in [5.74, 6) is 5.74. The first-order chi connectivity index (χ1) is 10.1. The number of hydrogen-bond donors (Lipinski definition) is 2. The van der Waals surface area contributed by atoms with Gasteiger partial charge in [-0.05, 0) is 31.5 Å². The van der Waals surface area contributed by atoms with Crippen LogP contribution in [0.3, 0.4) is 0 Å². The number of halogens is 1. The summed E-state index contributed by atoms with van der Waals surface area (Å²) < 4.78 is 0. The van der Waals surface area contributed by atoms with Gasteiger partial charge in [0.1, 0.15) is 0 Å². The summed E-state index contributed by atoms with van der Waals surface area (Å²) in [6, 6.07) is 14.0. The van der Waals surface area contributed by atoms with Crippen LogP contribution in [0, 0.1) is 13.8 Å². The molecule has 0 aliphatic rings. The van der Waals surface area contributed by atoms with Crippen molar-refractivity contribution in [2.75, 3.05) is 5.43 Å². The number of hydrazine groups is 1. The lowest BCUT2D eigenvalue weighted by molar-refractivity contribution is 1.27. The number of nitrogens with one attached hydrogen (secondary N) is 1. The molecular formula is C17H16ClN3. The van der Waals surface area contributed by atoms with Gasteiger partial charge in [-0.15, -0.1) is 0 Å². The predicted octanol–water partition coefficient (Wildman–Crippen LogP) is 4.46. The molecule has 3 nitrogen and oxygen atoms in total. The first kappa shape index (κ1) is 13.9. The van der Waals surface area contributed by atoms with E-state index in [0.717, 1.165) is 39.0 Å². The normalized spacial score (nSPS) is 10.9. The number of rotatable bonds is 2. The third-order valence-electron chi connectivity index (χ3n) is 3.62. The molecule has 0 bridgehead atoms. The molecule has 3 aromatic rings. The molecule has 3 rings (SSSR count). The van der Waals surface area contributed by atoms with E-state index < -0.39 is 0 Å². The van der Waals surface area contributed by atoms with Gasteiger partial charge in [-0.3, -0.25) is 5.84 Å². The Morgan fingerprint density at radius 3 is 2.48 bits per heavy atom. The summed E-state index contributed by atoms with van der Waals surface area (Å²) in [7, 11) is 0. The second kappa shape index (κ2) is 5.35. The second-order valence-corrected chi connectivity index (χ2v) is 5.52. The van der Waals surface area contributed by atoms with Gasteiger partial charge >= 0.3 is 0 Å². The van der Waals surface area contributed by atoms with Gasteiger partial charge in [0.15, 0.2) is 0 Å². The van der Waals surface area contributed by atoms with Crippen LogP contribution < -0.4 is 11.3 Å². The number of nitrogen functional groups attached to an aromatic ring is 1. The topological polar surface area (TPSA) is 50.9 Å². The third-order valence-corrected chi connectivity index (χ3v) is 3.91. The first-order valence-electron chi connectivity index (χ1n) is 6.74. The molecule has 0 spiro atoms. The number of fused-ring (bicyclic) bond motifs is 1. The molecule has 1 heterocycles. The minimum absolute atomic E-state index is 0.638. The molecule has 0 aliphatic carbocycles. The highest BCUT2D eigenvalue weighted by Gasteiger charge is 2.14. The van der Waals surface area contributed by atoms with Crippen molar-refractivity contribution in [3.8, 4) is 11.3 Å². The van der Waals surface area contributed by atoms with Gasteiger partial charge in [0.05, 0.1) is 21.9 Å². The van der Waals surface area contributed by atoms with Crippen LogP contribution >= 0.6 is 11.6 Å². The van der Waals surface area contributed by atoms with E-state index in [1.807, 2.05) is 56.3 Å². The van der Waals surface area contributed by atoms with E-state index in [1.165, 1.54) is 0 Å². The Morgan fingerprint density at radius 2 is 1.81 bits per heavy atom. The Morgan fingerprint density at radius 1 is 1.10 bits per heavy atom. The molecule has 0 aliphatic heterocycles. The van der Waals surface area contributed by atoms with Gasteiger partial charge in [0.2, 0.25) is 0 Å². The molecule has 1 aromatic heterocycles. The van der Waals surface area contributed by atoms with Crippen LogP contribution in [0.1, 0.15) is 11.1 Å². The zero-order valence-corrected chi connectivity index (χ0v) is 12.7. The molecular weight excluding hydrogens is 282 g/mol. The number of nitrogens with zero attached hydrogens (tertiary/aromatic N) is 1. The smallest absolute Gasteiger partial charge is 0.0917 e. The van der Waals surface area contributed by atoms with Crippen molar-refractivity contribution in [2.45, 2.75) is 13.8 Å². The average molecular weight is 298 g/mol. The lowest BCUT2D eigenvalue weighted by Gasteiger charge is -2.15. The maximum atomic E-state index is 6.37. The molecule has 0 radical (unpaired) electrons. The third kappa shape index (κ3) is 2.35. The van der Waals surface area contributed by atoms with Crippen LogP contribution in [0.2, 0.25) is 5.02 Å². The van der Waals surface area contributed by atoms with Crippen molar-refractivity contribution in [3.63, 3.8) is 0 Å². The number of nitrogens with two attached hydrogens (primary N) is 1. The van der Waals surface area contributed by atoms with Crippen molar-refractivity contribution < 1.29 is 0 Å². The number of aryl methyl sites for hydroxylation is 1. The standard InChI is InChI=1S/C17H16ClN3/c1-10-8-13-16(21-19)11(2)15(12-6-4-3-5-7-12)20-17(13)14(18)9-10/h3-9H,19H2,1-2H3,(H,20,21). The predicted molar refractivity (Wildman–Crippen MR) is 89.5 cm³/mol. The fourth-order valence-corrected chi connectivity index (χ4v) is 2.93. The van der Waals surface area contributed by atoms with Crippen molar-refractivity contribution in [2.24, 2.45) is 5.84 Å². The van der Waals surface area contributed by atoms with E-state index in [4.69, 9.17) is 22.4 Å². The van der Waals surface area contributed by atoms with Crippen LogP contribution in [0.25, 0.3) is 22.2 Å². The summed E-state index contributed by atoms with van der Waals surface area (Å²) in [6.07, 6.45) is 0. The lowest BCUT2D eigenvalue weighted by Crippen LogP contribution is -2.10. The highest BCUT2D eigenvalue weighted by Crippen LogP contribution is 2.36. The Kier molecular flexibility index (Phi) is 3.53. The molecule has 4 heteroatoms. The van der Waals surface area contributed by atoms with Crippen molar-refractivity contribution in [1.29, 1.82) is 0 Å². The van der Waals surface area contributed by atoms with E-state index in [1.54, 1.807) is 0 Å². The number of pyridine rings is 1. The zero-order valence-electron chi connectivity index (χ0n) is 11.9. The Hall–Kier alpha value is -2.10. The highest BCUT2D eigenvalue weighted by molar-refractivity contribution is 6.35. The maximum absolute atomic E-state index is 6.37. The van der Waals surface area contributed by atoms with Crippen LogP contribution in [-0.2, 0) is 0 Å². The van der Waals surface area contributed by atoms with E-state index in [0.29, 0.717) is 5.02 Å². The first-order valence-corrected chi connectivity index (χ1v) is 7.12. The molecule has 0 saturated carbocycles. The number of aromatic nitrogens is 1. The molecule has 0 atom stereocenters. The van der Waals surface area contributed by atoms with Crippen LogP contribution in [0.5, 0.6) is 0 Å². The van der Waals surface area contributed by atoms with Crippen molar-refractivity contribution >= 4 is 28.2 Å². The summed E-state index contributed by atoms with van der Waals surface area (Å²) in [5, 5.41) is 1.58. The molecule has 0 saturated heterocycles. The van der Waals surface area contributed by atoms with Gasteiger partial charge in [-0.2, -0.15) is 0 Å². The summed E-state index contributed by atoms with van der Waals surface area (Å²) in [5.41, 5.74) is 8.46. The summed E-state index contributed by atoms with van der Waals surface area (Å²) in [6.45, 7) is 4.02. The van der Waals surface area contributed by atoms with Crippen LogP contribution in [-0.4, -0.2) is 4.98 Å². The van der Waals surface area contributed by atoms with E-state index in [-0.39, 0.29) is 0 Å². The van der Waals surface area contributed by atoms with E-state index in [9.17, 15) is 0 Å². The SMILES string of the molecule is Cc1cc(Cl)c2nc(-c3ccccc3)c(C)c(NN)c2c1. The summed E-state index contributed by atoms with van der Waals surface area (Å²) >= 11 is 6.37. The molecule has 2 aromatic carbocycles. The Balaban J connectivity index is 2.41. The fraction of sp³-hybridized carbons (Fsp3) is 0.118. The molecule has 3 N–H and O–H groups in total. The highest BCUT2D eigenvalue weighted by atomic mass is 35.5. The minimum Gasteiger partial charge on any atom is -0.323 e. The van der Waals surface area contributed by atoms with Gasteiger partial charge in [0, 0.05) is 16.5 Å². The van der Waals surface area contributed by atoms with Crippen LogP contribution in [0.4, 0.5) is 5.69 Å². The van der Waals surface area contributed by atoms with Crippen LogP contribution in [0.15, 0.2) is 42.5 Å². The Bertz CT molecular complexity index is 813. The van der Waals surface area contributed by atoms with E-state index in [2.05, 4.69) is 5.43 Å². The second-order valence-electron chi connectivity index (χ2n) is 5.11. The monoisotopic (exact) mass is 297 g/mol.